The smallest absolute Gasteiger partial charge is 0.118 e. The number of rotatable bonds is 6. The highest BCUT2D eigenvalue weighted by molar-refractivity contribution is 9.12. The van der Waals surface area contributed by atoms with Gasteiger partial charge in [0.2, 0.25) is 0 Å². The molecule has 0 aromatic heterocycles. The molecule has 17 heavy (non-hydrogen) atoms. The van der Waals surface area contributed by atoms with Crippen molar-refractivity contribution in [2.75, 3.05) is 7.11 Å². The van der Waals surface area contributed by atoms with Crippen LogP contribution < -0.4 is 4.74 Å². The number of hydrogen-bond acceptors (Lipinski definition) is 1. The highest BCUT2D eigenvalue weighted by atomic mass is 79.9. The van der Waals surface area contributed by atoms with Crippen molar-refractivity contribution >= 4 is 22.0 Å². The second-order valence-corrected chi connectivity index (χ2v) is 4.76. The first-order chi connectivity index (χ1) is 8.26. The predicted molar refractivity (Wildman–Crippen MR) is 78.6 cm³/mol. The summed E-state index contributed by atoms with van der Waals surface area (Å²) in [6.45, 7) is 2.20. The molecule has 0 radical (unpaired) electrons. The van der Waals surface area contributed by atoms with E-state index in [1.54, 1.807) is 7.11 Å². The molecular formula is C15H19BrO. The van der Waals surface area contributed by atoms with Crippen molar-refractivity contribution in [2.24, 2.45) is 0 Å². The van der Waals surface area contributed by atoms with Gasteiger partial charge < -0.3 is 4.74 Å². The van der Waals surface area contributed by atoms with Crippen LogP contribution in [0.5, 0.6) is 5.75 Å². The van der Waals surface area contributed by atoms with Gasteiger partial charge in [0.05, 0.1) is 7.11 Å². The molecule has 1 nitrogen and oxygen atoms in total. The summed E-state index contributed by atoms with van der Waals surface area (Å²) in [6.07, 6.45) is 10.0. The van der Waals surface area contributed by atoms with Gasteiger partial charge in [0, 0.05) is 4.48 Å². The van der Waals surface area contributed by atoms with E-state index < -0.39 is 0 Å². The standard InChI is InChI=1S/C15H19BrO/c1-3-4-5-6-7-14(16)12-13-8-10-15(17-2)11-9-13/h6-12H,3-5H2,1-2H3/b7-6+,14-12-. The van der Waals surface area contributed by atoms with Crippen LogP contribution in [0.4, 0.5) is 0 Å². The van der Waals surface area contributed by atoms with Gasteiger partial charge in [0.15, 0.2) is 0 Å². The van der Waals surface area contributed by atoms with Gasteiger partial charge in [0.25, 0.3) is 0 Å². The Morgan fingerprint density at radius 3 is 2.59 bits per heavy atom. The molecular weight excluding hydrogens is 276 g/mol. The Morgan fingerprint density at radius 1 is 1.29 bits per heavy atom. The van der Waals surface area contributed by atoms with Crippen LogP contribution in [0.25, 0.3) is 6.08 Å². The monoisotopic (exact) mass is 294 g/mol. The van der Waals surface area contributed by atoms with Crippen LogP contribution in [-0.4, -0.2) is 7.11 Å². The van der Waals surface area contributed by atoms with Gasteiger partial charge in [-0.25, -0.2) is 0 Å². The lowest BCUT2D eigenvalue weighted by Crippen LogP contribution is -1.81. The average molecular weight is 295 g/mol. The van der Waals surface area contributed by atoms with Crippen molar-refractivity contribution in [1.29, 1.82) is 0 Å². The predicted octanol–water partition coefficient (Wildman–Crippen LogP) is 5.18. The maximum Gasteiger partial charge on any atom is 0.118 e. The zero-order valence-electron chi connectivity index (χ0n) is 10.4. The van der Waals surface area contributed by atoms with E-state index in [0.717, 1.165) is 22.2 Å². The number of unbranched alkanes of at least 4 members (excludes halogenated alkanes) is 2. The lowest BCUT2D eigenvalue weighted by molar-refractivity contribution is 0.415. The average Bonchev–Trinajstić information content (AvgIpc) is 2.36. The molecule has 0 saturated heterocycles. The largest absolute Gasteiger partial charge is 0.497 e. The summed E-state index contributed by atoms with van der Waals surface area (Å²) in [5.41, 5.74) is 1.16. The van der Waals surface area contributed by atoms with E-state index in [1.165, 1.54) is 12.8 Å². The molecule has 1 aromatic rings. The normalized spacial score (nSPS) is 12.1. The summed E-state index contributed by atoms with van der Waals surface area (Å²) in [7, 11) is 1.68. The first kappa shape index (κ1) is 14.0. The van der Waals surface area contributed by atoms with E-state index in [4.69, 9.17) is 4.74 Å². The molecule has 0 spiro atoms. The Morgan fingerprint density at radius 2 is 2.00 bits per heavy atom. The third kappa shape index (κ3) is 5.73. The molecule has 1 aromatic carbocycles. The zero-order chi connectivity index (χ0) is 12.5. The number of benzene rings is 1. The molecule has 0 atom stereocenters. The minimum absolute atomic E-state index is 0.886. The van der Waals surface area contributed by atoms with E-state index in [-0.39, 0.29) is 0 Å². The van der Waals surface area contributed by atoms with Crippen LogP contribution in [0.3, 0.4) is 0 Å². The van der Waals surface area contributed by atoms with Gasteiger partial charge in [-0.3, -0.25) is 0 Å². The van der Waals surface area contributed by atoms with Crippen molar-refractivity contribution < 1.29 is 4.74 Å². The fourth-order valence-electron chi connectivity index (χ4n) is 1.43. The third-order valence-electron chi connectivity index (χ3n) is 2.42. The molecule has 92 valence electrons. The van der Waals surface area contributed by atoms with Crippen molar-refractivity contribution in [1.82, 2.24) is 0 Å². The number of methoxy groups -OCH3 is 1. The lowest BCUT2D eigenvalue weighted by Gasteiger charge is -1.99. The minimum Gasteiger partial charge on any atom is -0.497 e. The van der Waals surface area contributed by atoms with Crippen molar-refractivity contribution in [3.05, 3.63) is 46.5 Å². The molecule has 0 heterocycles. The van der Waals surface area contributed by atoms with Crippen LogP contribution in [0.1, 0.15) is 31.7 Å². The lowest BCUT2D eigenvalue weighted by atomic mass is 10.2. The Bertz CT molecular complexity index is 376. The van der Waals surface area contributed by atoms with Crippen LogP contribution in [0.15, 0.2) is 40.9 Å². The second-order valence-electron chi connectivity index (χ2n) is 3.85. The van der Waals surface area contributed by atoms with Crippen LogP contribution >= 0.6 is 15.9 Å². The van der Waals surface area contributed by atoms with Gasteiger partial charge in [-0.05, 0) is 30.2 Å². The molecule has 2 heteroatoms. The van der Waals surface area contributed by atoms with E-state index in [0.29, 0.717) is 0 Å². The highest BCUT2D eigenvalue weighted by Gasteiger charge is 1.92. The SMILES string of the molecule is CCCC/C=C/C(Br)=C/c1ccc(OC)cc1. The Hall–Kier alpha value is -1.02. The highest BCUT2D eigenvalue weighted by Crippen LogP contribution is 2.17. The Labute approximate surface area is 112 Å². The van der Waals surface area contributed by atoms with Gasteiger partial charge in [-0.2, -0.15) is 0 Å². The van der Waals surface area contributed by atoms with Gasteiger partial charge >= 0.3 is 0 Å². The van der Waals surface area contributed by atoms with Gasteiger partial charge in [-0.15, -0.1) is 0 Å². The molecule has 0 amide bonds. The molecule has 1 rings (SSSR count). The molecule has 0 aliphatic carbocycles. The fraction of sp³-hybridized carbons (Fsp3) is 0.333. The van der Waals surface area contributed by atoms with Crippen molar-refractivity contribution in [3.63, 3.8) is 0 Å². The molecule has 0 unspecified atom stereocenters. The molecule has 0 bridgehead atoms. The summed E-state index contributed by atoms with van der Waals surface area (Å²) in [5.74, 6) is 0.886. The van der Waals surface area contributed by atoms with E-state index in [2.05, 4.69) is 41.1 Å². The summed E-state index contributed by atoms with van der Waals surface area (Å²) in [6, 6.07) is 8.01. The second kappa shape index (κ2) is 8.13. The summed E-state index contributed by atoms with van der Waals surface area (Å²) >= 11 is 3.55. The number of hydrogen-bond donors (Lipinski definition) is 0. The van der Waals surface area contributed by atoms with Crippen LogP contribution in [0.2, 0.25) is 0 Å². The Balaban J connectivity index is 2.57. The first-order valence-corrected chi connectivity index (χ1v) is 6.73. The molecule has 0 aliphatic heterocycles. The number of ether oxygens (including phenoxy) is 1. The first-order valence-electron chi connectivity index (χ1n) is 5.94. The maximum atomic E-state index is 5.12. The van der Waals surface area contributed by atoms with Gasteiger partial charge in [0.1, 0.15) is 5.75 Å². The van der Waals surface area contributed by atoms with E-state index in [1.807, 2.05) is 24.3 Å². The molecule has 0 N–H and O–H groups in total. The van der Waals surface area contributed by atoms with Crippen molar-refractivity contribution in [3.8, 4) is 5.75 Å². The molecule has 0 fully saturated rings. The minimum atomic E-state index is 0.886. The quantitative estimate of drug-likeness (QED) is 0.519. The van der Waals surface area contributed by atoms with E-state index >= 15 is 0 Å². The number of allylic oxidation sites excluding steroid dienone is 3. The topological polar surface area (TPSA) is 9.23 Å². The van der Waals surface area contributed by atoms with Gasteiger partial charge in [-0.1, -0.05) is 60.0 Å². The number of halogens is 1. The Kier molecular flexibility index (Phi) is 6.71. The summed E-state index contributed by atoms with van der Waals surface area (Å²) in [4.78, 5) is 0. The van der Waals surface area contributed by atoms with Crippen LogP contribution in [-0.2, 0) is 0 Å². The summed E-state index contributed by atoms with van der Waals surface area (Å²) < 4.78 is 6.22. The van der Waals surface area contributed by atoms with Crippen molar-refractivity contribution in [2.45, 2.75) is 26.2 Å². The summed E-state index contributed by atoms with van der Waals surface area (Å²) in [5, 5.41) is 0. The third-order valence-corrected chi connectivity index (χ3v) is 2.92. The molecule has 0 aliphatic rings. The maximum absolute atomic E-state index is 5.12. The van der Waals surface area contributed by atoms with Crippen LogP contribution in [0, 0.1) is 0 Å². The van der Waals surface area contributed by atoms with E-state index in [9.17, 15) is 0 Å². The molecule has 0 saturated carbocycles. The fourth-order valence-corrected chi connectivity index (χ4v) is 1.88. The zero-order valence-corrected chi connectivity index (χ0v) is 12.0.